The van der Waals surface area contributed by atoms with E-state index in [2.05, 4.69) is 10.3 Å². The van der Waals surface area contributed by atoms with Gasteiger partial charge < -0.3 is 10.1 Å². The Labute approximate surface area is 124 Å². The van der Waals surface area contributed by atoms with E-state index in [1.807, 2.05) is 0 Å². The van der Waals surface area contributed by atoms with E-state index in [1.165, 1.54) is 18.3 Å². The topological polar surface area (TPSA) is 77.3 Å². The number of ether oxygens (including phenoxy) is 1. The van der Waals surface area contributed by atoms with Crippen LogP contribution in [0.4, 0.5) is 11.4 Å². The van der Waals surface area contributed by atoms with Crippen LogP contribution in [-0.2, 0) is 0 Å². The molecule has 1 aromatic heterocycles. The third-order valence-electron chi connectivity index (χ3n) is 2.42. The Hall–Kier alpha value is -2.05. The number of rotatable bonds is 4. The number of pyridine rings is 1. The van der Waals surface area contributed by atoms with Gasteiger partial charge in [0.1, 0.15) is 5.75 Å². The Morgan fingerprint density at radius 3 is 2.45 bits per heavy atom. The molecule has 0 unspecified atom stereocenters. The van der Waals surface area contributed by atoms with Gasteiger partial charge in [-0.05, 0) is 0 Å². The molecule has 20 heavy (non-hydrogen) atoms. The van der Waals surface area contributed by atoms with Crippen LogP contribution >= 0.6 is 23.2 Å². The van der Waals surface area contributed by atoms with Gasteiger partial charge in [-0.1, -0.05) is 23.2 Å². The normalized spacial score (nSPS) is 10.2. The number of aromatic nitrogens is 1. The Balaban J connectivity index is 2.36. The third kappa shape index (κ3) is 3.09. The zero-order valence-electron chi connectivity index (χ0n) is 10.3. The average Bonchev–Trinajstić information content (AvgIpc) is 2.42. The van der Waals surface area contributed by atoms with E-state index >= 15 is 0 Å². The molecule has 1 N–H and O–H groups in total. The number of anilines is 1. The molecule has 6 nitrogen and oxygen atoms in total. The lowest BCUT2D eigenvalue weighted by molar-refractivity contribution is -0.384. The lowest BCUT2D eigenvalue weighted by Gasteiger charge is -2.10. The van der Waals surface area contributed by atoms with Crippen molar-refractivity contribution in [3.63, 3.8) is 0 Å². The molecule has 0 saturated carbocycles. The summed E-state index contributed by atoms with van der Waals surface area (Å²) in [6, 6.07) is 4.05. The number of nitro benzene ring substituents is 1. The second-order valence-electron chi connectivity index (χ2n) is 3.76. The van der Waals surface area contributed by atoms with Gasteiger partial charge in [0, 0.05) is 25.2 Å². The molecule has 2 aromatic rings. The van der Waals surface area contributed by atoms with E-state index in [0.29, 0.717) is 5.75 Å². The standard InChI is InChI=1S/C12H9Cl2N3O3/c1-15-7-2-9(6-16-5-7)20-12-10(13)3-8(17(18)19)4-11(12)14/h2-6,15H,1H3. The maximum Gasteiger partial charge on any atom is 0.272 e. The summed E-state index contributed by atoms with van der Waals surface area (Å²) in [5, 5.41) is 13.7. The maximum atomic E-state index is 10.7. The van der Waals surface area contributed by atoms with Gasteiger partial charge in [-0.25, -0.2) is 0 Å². The highest BCUT2D eigenvalue weighted by molar-refractivity contribution is 6.37. The predicted molar refractivity (Wildman–Crippen MR) is 77.0 cm³/mol. The van der Waals surface area contributed by atoms with Crippen molar-refractivity contribution in [1.82, 2.24) is 4.98 Å². The van der Waals surface area contributed by atoms with Crippen LogP contribution in [0.3, 0.4) is 0 Å². The lowest BCUT2D eigenvalue weighted by Crippen LogP contribution is -1.93. The lowest BCUT2D eigenvalue weighted by atomic mass is 10.3. The average molecular weight is 314 g/mol. The summed E-state index contributed by atoms with van der Waals surface area (Å²) < 4.78 is 5.53. The fraction of sp³-hybridized carbons (Fsp3) is 0.0833. The molecule has 1 aromatic carbocycles. The highest BCUT2D eigenvalue weighted by atomic mass is 35.5. The molecule has 0 aliphatic rings. The third-order valence-corrected chi connectivity index (χ3v) is 2.98. The molecule has 1 heterocycles. The molecule has 2 rings (SSSR count). The molecule has 104 valence electrons. The zero-order valence-corrected chi connectivity index (χ0v) is 11.8. The van der Waals surface area contributed by atoms with Gasteiger partial charge in [0.2, 0.25) is 0 Å². The minimum absolute atomic E-state index is 0.0547. The van der Waals surface area contributed by atoms with E-state index in [9.17, 15) is 10.1 Å². The number of halogens is 2. The molecule has 0 aliphatic carbocycles. The molecule has 0 radical (unpaired) electrons. The maximum absolute atomic E-state index is 10.7. The number of nitrogens with zero attached hydrogens (tertiary/aromatic N) is 2. The summed E-state index contributed by atoms with van der Waals surface area (Å²) >= 11 is 11.9. The molecule has 0 amide bonds. The van der Waals surface area contributed by atoms with Gasteiger partial charge in [0.15, 0.2) is 5.75 Å². The highest BCUT2D eigenvalue weighted by Crippen LogP contribution is 2.39. The quantitative estimate of drug-likeness (QED) is 0.678. The van der Waals surface area contributed by atoms with Crippen LogP contribution < -0.4 is 10.1 Å². The van der Waals surface area contributed by atoms with Crippen molar-refractivity contribution in [3.8, 4) is 11.5 Å². The Morgan fingerprint density at radius 1 is 1.25 bits per heavy atom. The first kappa shape index (κ1) is 14.4. The van der Waals surface area contributed by atoms with Crippen LogP contribution in [-0.4, -0.2) is 17.0 Å². The van der Waals surface area contributed by atoms with Crippen molar-refractivity contribution < 1.29 is 9.66 Å². The fourth-order valence-electron chi connectivity index (χ4n) is 1.48. The largest absolute Gasteiger partial charge is 0.453 e. The number of non-ortho nitro benzene ring substituents is 1. The van der Waals surface area contributed by atoms with E-state index in [4.69, 9.17) is 27.9 Å². The van der Waals surface area contributed by atoms with Crippen molar-refractivity contribution in [2.45, 2.75) is 0 Å². The predicted octanol–water partition coefficient (Wildman–Crippen LogP) is 4.13. The molecule has 0 spiro atoms. The summed E-state index contributed by atoms with van der Waals surface area (Å²) in [5.74, 6) is 0.559. The van der Waals surface area contributed by atoms with E-state index in [0.717, 1.165) is 5.69 Å². The second-order valence-corrected chi connectivity index (χ2v) is 4.57. The second kappa shape index (κ2) is 5.94. The molecule has 8 heteroatoms. The van der Waals surface area contributed by atoms with Crippen molar-refractivity contribution in [1.29, 1.82) is 0 Å². The SMILES string of the molecule is CNc1cncc(Oc2c(Cl)cc([N+](=O)[O-])cc2Cl)c1. The van der Waals surface area contributed by atoms with Gasteiger partial charge in [-0.15, -0.1) is 0 Å². The first-order valence-corrected chi connectivity index (χ1v) is 6.21. The summed E-state index contributed by atoms with van der Waals surface area (Å²) in [6.45, 7) is 0. The summed E-state index contributed by atoms with van der Waals surface area (Å²) in [6.07, 6.45) is 3.10. The molecule has 0 bridgehead atoms. The van der Waals surface area contributed by atoms with Gasteiger partial charge >= 0.3 is 0 Å². The highest BCUT2D eigenvalue weighted by Gasteiger charge is 2.16. The number of nitro groups is 1. The van der Waals surface area contributed by atoms with E-state index in [-0.39, 0.29) is 21.5 Å². The van der Waals surface area contributed by atoms with Crippen molar-refractivity contribution >= 4 is 34.6 Å². The first-order valence-electron chi connectivity index (χ1n) is 5.45. The smallest absolute Gasteiger partial charge is 0.272 e. The molecule has 0 fully saturated rings. The minimum Gasteiger partial charge on any atom is -0.453 e. The van der Waals surface area contributed by atoms with Crippen LogP contribution in [0, 0.1) is 10.1 Å². The van der Waals surface area contributed by atoms with Crippen LogP contribution in [0.25, 0.3) is 0 Å². The number of hydrogen-bond donors (Lipinski definition) is 1. The van der Waals surface area contributed by atoms with Crippen molar-refractivity contribution in [2.24, 2.45) is 0 Å². The minimum atomic E-state index is -0.579. The van der Waals surface area contributed by atoms with Crippen LogP contribution in [0.5, 0.6) is 11.5 Å². The van der Waals surface area contributed by atoms with Crippen molar-refractivity contribution in [2.75, 3.05) is 12.4 Å². The van der Waals surface area contributed by atoms with Gasteiger partial charge in [-0.3, -0.25) is 15.1 Å². The van der Waals surface area contributed by atoms with Gasteiger partial charge in [0.05, 0.1) is 33.0 Å². The summed E-state index contributed by atoms with van der Waals surface area (Å²) in [4.78, 5) is 14.1. The number of nitrogens with one attached hydrogen (secondary N) is 1. The molecular formula is C12H9Cl2N3O3. The molecular weight excluding hydrogens is 305 g/mol. The van der Waals surface area contributed by atoms with E-state index < -0.39 is 4.92 Å². The fourth-order valence-corrected chi connectivity index (χ4v) is 2.03. The molecule has 0 saturated heterocycles. The van der Waals surface area contributed by atoms with Crippen LogP contribution in [0.2, 0.25) is 10.0 Å². The number of benzene rings is 1. The van der Waals surface area contributed by atoms with Crippen LogP contribution in [0.15, 0.2) is 30.6 Å². The Morgan fingerprint density at radius 2 is 1.90 bits per heavy atom. The Bertz CT molecular complexity index is 641. The summed E-state index contributed by atoms with van der Waals surface area (Å²) in [5.41, 5.74) is 0.547. The molecule has 0 aliphatic heterocycles. The molecule has 0 atom stereocenters. The summed E-state index contributed by atoms with van der Waals surface area (Å²) in [7, 11) is 1.74. The van der Waals surface area contributed by atoms with Gasteiger partial charge in [0.25, 0.3) is 5.69 Å². The van der Waals surface area contributed by atoms with E-state index in [1.54, 1.807) is 19.3 Å². The zero-order chi connectivity index (χ0) is 14.7. The number of hydrogen-bond acceptors (Lipinski definition) is 5. The van der Waals surface area contributed by atoms with Crippen molar-refractivity contribution in [3.05, 3.63) is 50.8 Å². The Kier molecular flexibility index (Phi) is 4.26. The first-order chi connectivity index (χ1) is 9.51. The monoisotopic (exact) mass is 313 g/mol. The van der Waals surface area contributed by atoms with Crippen LogP contribution in [0.1, 0.15) is 0 Å². The van der Waals surface area contributed by atoms with Gasteiger partial charge in [-0.2, -0.15) is 0 Å².